The Labute approximate surface area is 120 Å². The Morgan fingerprint density at radius 2 is 1.43 bits per heavy atom. The Kier molecular flexibility index (Phi) is 2.91. The van der Waals surface area contributed by atoms with Crippen LogP contribution in [0.15, 0.2) is 48.5 Å². The lowest BCUT2D eigenvalue weighted by Gasteiger charge is -2.14. The summed E-state index contributed by atoms with van der Waals surface area (Å²) < 4.78 is 0. The topological polar surface area (TPSA) is 92.5 Å². The second-order valence-electron chi connectivity index (χ2n) is 4.53. The van der Waals surface area contributed by atoms with Crippen LogP contribution in [0.1, 0.15) is 20.7 Å². The number of amides is 4. The summed E-state index contributed by atoms with van der Waals surface area (Å²) in [4.78, 5) is 36.4. The number of nitrogens with zero attached hydrogens (tertiary/aromatic N) is 1. The minimum atomic E-state index is -0.677. The maximum absolute atomic E-state index is 12.3. The van der Waals surface area contributed by atoms with Gasteiger partial charge in [0.2, 0.25) is 0 Å². The van der Waals surface area contributed by atoms with E-state index in [0.29, 0.717) is 22.5 Å². The fraction of sp³-hybridized carbons (Fsp3) is 0. The van der Waals surface area contributed by atoms with Crippen molar-refractivity contribution in [3.63, 3.8) is 0 Å². The molecule has 2 aromatic carbocycles. The molecule has 0 saturated carbocycles. The molecule has 3 rings (SSSR count). The van der Waals surface area contributed by atoms with Gasteiger partial charge in [-0.25, -0.2) is 9.69 Å². The molecule has 0 bridgehead atoms. The molecule has 6 nitrogen and oxygen atoms in total. The summed E-state index contributed by atoms with van der Waals surface area (Å²) in [6.07, 6.45) is 0. The van der Waals surface area contributed by atoms with Gasteiger partial charge in [0.25, 0.3) is 11.8 Å². The zero-order chi connectivity index (χ0) is 15.0. The summed E-state index contributed by atoms with van der Waals surface area (Å²) in [5.74, 6) is -0.711. The molecule has 0 atom stereocenters. The van der Waals surface area contributed by atoms with Crippen molar-refractivity contribution in [2.45, 2.75) is 0 Å². The number of benzene rings is 2. The molecule has 0 spiro atoms. The number of carbonyl (C=O) groups excluding carboxylic acids is 3. The highest BCUT2D eigenvalue weighted by Gasteiger charge is 2.36. The van der Waals surface area contributed by atoms with Gasteiger partial charge in [-0.15, -0.1) is 0 Å². The van der Waals surface area contributed by atoms with Crippen LogP contribution in [0.25, 0.3) is 0 Å². The van der Waals surface area contributed by atoms with Crippen molar-refractivity contribution in [3.8, 4) is 0 Å². The molecule has 0 fully saturated rings. The Morgan fingerprint density at radius 3 is 1.90 bits per heavy atom. The summed E-state index contributed by atoms with van der Waals surface area (Å²) in [5.41, 5.74) is 6.73. The van der Waals surface area contributed by atoms with Gasteiger partial charge in [0, 0.05) is 5.69 Å². The summed E-state index contributed by atoms with van der Waals surface area (Å²) >= 11 is 0. The summed E-state index contributed by atoms with van der Waals surface area (Å²) in [6, 6.07) is 12.3. The zero-order valence-electron chi connectivity index (χ0n) is 10.9. The van der Waals surface area contributed by atoms with Crippen LogP contribution in [-0.4, -0.2) is 17.8 Å². The van der Waals surface area contributed by atoms with E-state index < -0.39 is 6.03 Å². The van der Waals surface area contributed by atoms with Gasteiger partial charge in [0.05, 0.1) is 16.8 Å². The van der Waals surface area contributed by atoms with E-state index in [4.69, 9.17) is 5.73 Å². The third-order valence-corrected chi connectivity index (χ3v) is 3.19. The number of hydrogen-bond acceptors (Lipinski definition) is 3. The average molecular weight is 281 g/mol. The SMILES string of the molecule is NC(=O)Nc1ccc(N2C(=O)c3ccccc3C2=O)cc1. The van der Waals surface area contributed by atoms with Crippen LogP contribution in [0.2, 0.25) is 0 Å². The quantitative estimate of drug-likeness (QED) is 0.824. The van der Waals surface area contributed by atoms with Gasteiger partial charge in [0.15, 0.2) is 0 Å². The van der Waals surface area contributed by atoms with Crippen LogP contribution in [-0.2, 0) is 0 Å². The van der Waals surface area contributed by atoms with Crippen LogP contribution in [0, 0.1) is 0 Å². The molecule has 4 amide bonds. The Balaban J connectivity index is 1.94. The molecular formula is C15H11N3O3. The van der Waals surface area contributed by atoms with Crippen LogP contribution in [0.4, 0.5) is 16.2 Å². The highest BCUT2D eigenvalue weighted by molar-refractivity contribution is 6.34. The molecule has 0 aliphatic carbocycles. The van der Waals surface area contributed by atoms with Crippen molar-refractivity contribution in [1.29, 1.82) is 0 Å². The summed E-state index contributed by atoms with van der Waals surface area (Å²) in [7, 11) is 0. The van der Waals surface area contributed by atoms with Crippen molar-refractivity contribution in [1.82, 2.24) is 0 Å². The van der Waals surface area contributed by atoms with Crippen LogP contribution in [0.5, 0.6) is 0 Å². The molecule has 1 aliphatic rings. The molecule has 21 heavy (non-hydrogen) atoms. The number of fused-ring (bicyclic) bond motifs is 1. The normalized spacial score (nSPS) is 13.2. The number of primary amides is 1. The molecule has 0 saturated heterocycles. The number of nitrogens with two attached hydrogens (primary N) is 1. The van der Waals surface area contributed by atoms with E-state index in [-0.39, 0.29) is 11.8 Å². The number of anilines is 2. The zero-order valence-corrected chi connectivity index (χ0v) is 10.9. The van der Waals surface area contributed by atoms with Gasteiger partial charge >= 0.3 is 6.03 Å². The van der Waals surface area contributed by atoms with Crippen LogP contribution in [0.3, 0.4) is 0 Å². The Morgan fingerprint density at radius 1 is 0.905 bits per heavy atom. The maximum Gasteiger partial charge on any atom is 0.316 e. The van der Waals surface area contributed by atoms with E-state index in [1.54, 1.807) is 48.5 Å². The molecular weight excluding hydrogens is 270 g/mol. The van der Waals surface area contributed by atoms with Crippen molar-refractivity contribution in [2.75, 3.05) is 10.2 Å². The molecule has 1 aliphatic heterocycles. The number of hydrogen-bond donors (Lipinski definition) is 2. The van der Waals surface area contributed by atoms with Gasteiger partial charge in [-0.05, 0) is 36.4 Å². The van der Waals surface area contributed by atoms with Crippen molar-refractivity contribution in [3.05, 3.63) is 59.7 Å². The number of urea groups is 1. The first-order valence-corrected chi connectivity index (χ1v) is 6.22. The van der Waals surface area contributed by atoms with Gasteiger partial charge < -0.3 is 11.1 Å². The Hall–Kier alpha value is -3.15. The molecule has 0 unspecified atom stereocenters. The standard InChI is InChI=1S/C15H11N3O3/c16-15(21)17-9-5-7-10(8-6-9)18-13(19)11-3-1-2-4-12(11)14(18)20/h1-8H,(H3,16,17,21). The molecule has 104 valence electrons. The monoisotopic (exact) mass is 281 g/mol. The van der Waals surface area contributed by atoms with Gasteiger partial charge in [-0.1, -0.05) is 12.1 Å². The highest BCUT2D eigenvalue weighted by atomic mass is 16.2. The number of imide groups is 1. The summed E-state index contributed by atoms with van der Waals surface area (Å²) in [6.45, 7) is 0. The maximum atomic E-state index is 12.3. The lowest BCUT2D eigenvalue weighted by molar-refractivity contribution is 0.0926. The first-order valence-electron chi connectivity index (χ1n) is 6.22. The lowest BCUT2D eigenvalue weighted by atomic mass is 10.1. The number of carbonyl (C=O) groups is 3. The molecule has 2 aromatic rings. The minimum absolute atomic E-state index is 0.355. The number of nitrogens with one attached hydrogen (secondary N) is 1. The van der Waals surface area contributed by atoms with Gasteiger partial charge in [-0.2, -0.15) is 0 Å². The predicted octanol–water partition coefficient (Wildman–Crippen LogP) is 1.98. The van der Waals surface area contributed by atoms with E-state index in [2.05, 4.69) is 5.32 Å². The minimum Gasteiger partial charge on any atom is -0.351 e. The second kappa shape index (κ2) is 4.75. The van der Waals surface area contributed by atoms with Crippen molar-refractivity contribution < 1.29 is 14.4 Å². The van der Waals surface area contributed by atoms with Gasteiger partial charge in [-0.3, -0.25) is 9.59 Å². The Bertz CT molecular complexity index is 718. The van der Waals surface area contributed by atoms with E-state index in [9.17, 15) is 14.4 Å². The fourth-order valence-corrected chi connectivity index (χ4v) is 2.26. The lowest BCUT2D eigenvalue weighted by Crippen LogP contribution is -2.29. The fourth-order valence-electron chi connectivity index (χ4n) is 2.26. The van der Waals surface area contributed by atoms with Crippen molar-refractivity contribution in [2.24, 2.45) is 5.73 Å². The molecule has 0 aromatic heterocycles. The smallest absolute Gasteiger partial charge is 0.316 e. The molecule has 6 heteroatoms. The van der Waals surface area contributed by atoms with Crippen LogP contribution < -0.4 is 16.0 Å². The molecule has 0 radical (unpaired) electrons. The second-order valence-corrected chi connectivity index (χ2v) is 4.53. The van der Waals surface area contributed by atoms with E-state index >= 15 is 0 Å². The largest absolute Gasteiger partial charge is 0.351 e. The van der Waals surface area contributed by atoms with E-state index in [1.165, 1.54) is 0 Å². The van der Waals surface area contributed by atoms with E-state index in [1.807, 2.05) is 0 Å². The number of rotatable bonds is 2. The molecule has 1 heterocycles. The average Bonchev–Trinajstić information content (AvgIpc) is 2.72. The van der Waals surface area contributed by atoms with Gasteiger partial charge in [0.1, 0.15) is 0 Å². The highest BCUT2D eigenvalue weighted by Crippen LogP contribution is 2.28. The third-order valence-electron chi connectivity index (χ3n) is 3.19. The first kappa shape index (κ1) is 12.9. The first-order chi connectivity index (χ1) is 10.1. The summed E-state index contributed by atoms with van der Waals surface area (Å²) in [5, 5.41) is 2.41. The van der Waals surface area contributed by atoms with E-state index in [0.717, 1.165) is 4.90 Å². The third kappa shape index (κ3) is 2.12. The predicted molar refractivity (Wildman–Crippen MR) is 77.2 cm³/mol. The van der Waals surface area contributed by atoms with Crippen molar-refractivity contribution >= 4 is 29.2 Å². The molecule has 3 N–H and O–H groups in total. The van der Waals surface area contributed by atoms with Crippen LogP contribution >= 0.6 is 0 Å².